The third-order valence-corrected chi connectivity index (χ3v) is 5.15. The van der Waals surface area contributed by atoms with Gasteiger partial charge in [0, 0.05) is 11.5 Å². The van der Waals surface area contributed by atoms with Gasteiger partial charge in [-0.2, -0.15) is 5.10 Å². The first-order chi connectivity index (χ1) is 12.2. The minimum absolute atomic E-state index is 0.0334. The summed E-state index contributed by atoms with van der Waals surface area (Å²) in [6.07, 6.45) is 2.08. The normalized spacial score (nSPS) is 12.1. The Bertz CT molecular complexity index is 866. The van der Waals surface area contributed by atoms with Crippen molar-refractivity contribution in [3.63, 3.8) is 0 Å². The fourth-order valence-corrected chi connectivity index (χ4v) is 3.54. The Labute approximate surface area is 154 Å². The van der Waals surface area contributed by atoms with Crippen LogP contribution in [0.4, 0.5) is 5.69 Å². The first-order valence-electron chi connectivity index (χ1n) is 7.89. The summed E-state index contributed by atoms with van der Waals surface area (Å²) in [7, 11) is 0. The van der Waals surface area contributed by atoms with Gasteiger partial charge < -0.3 is 10.4 Å². The zero-order valence-corrected chi connectivity index (χ0v) is 15.0. The summed E-state index contributed by atoms with van der Waals surface area (Å²) in [6.45, 7) is 0.399. The molecule has 0 fully saturated rings. The maximum atomic E-state index is 12.5. The summed E-state index contributed by atoms with van der Waals surface area (Å²) in [5.74, 6) is 0. The molecule has 2 aromatic heterocycles. The molecule has 0 bridgehead atoms. The number of hydrogen-bond acceptors (Lipinski definition) is 5. The molecule has 25 heavy (non-hydrogen) atoms. The highest BCUT2D eigenvalue weighted by Crippen LogP contribution is 2.28. The van der Waals surface area contributed by atoms with Gasteiger partial charge in [0.25, 0.3) is 5.56 Å². The van der Waals surface area contributed by atoms with Crippen LogP contribution < -0.4 is 10.9 Å². The highest BCUT2D eigenvalue weighted by atomic mass is 35.5. The second kappa shape index (κ2) is 8.29. The minimum Gasteiger partial charge on any atom is -0.396 e. The molecule has 7 heteroatoms. The second-order valence-electron chi connectivity index (χ2n) is 5.55. The van der Waals surface area contributed by atoms with E-state index in [1.807, 2.05) is 47.8 Å². The quantitative estimate of drug-likeness (QED) is 0.662. The van der Waals surface area contributed by atoms with Crippen LogP contribution in [0, 0.1) is 0 Å². The smallest absolute Gasteiger partial charge is 0.287 e. The lowest BCUT2D eigenvalue weighted by molar-refractivity contribution is 0.280. The van der Waals surface area contributed by atoms with Gasteiger partial charge in [-0.25, -0.2) is 4.68 Å². The molecule has 1 aromatic carbocycles. The molecule has 0 radical (unpaired) electrons. The first kappa shape index (κ1) is 17.7. The molecule has 0 aliphatic heterocycles. The lowest BCUT2D eigenvalue weighted by Crippen LogP contribution is -2.25. The molecule has 3 aromatic rings. The number of anilines is 1. The Hall–Kier alpha value is -2.15. The van der Waals surface area contributed by atoms with E-state index in [9.17, 15) is 9.90 Å². The van der Waals surface area contributed by atoms with Gasteiger partial charge in [0.15, 0.2) is 0 Å². The standard InChI is InChI=1S/C18H18ClN3O2S/c19-17-15(21-14(8-9-23)16-7-4-10-25-16)11-20-22(18(17)24)12-13-5-2-1-3-6-13/h1-7,10-11,14,21,23H,8-9,12H2. The number of benzene rings is 1. The van der Waals surface area contributed by atoms with E-state index in [2.05, 4.69) is 10.4 Å². The third-order valence-electron chi connectivity index (χ3n) is 3.79. The predicted octanol–water partition coefficient (Wildman–Crippen LogP) is 3.54. The van der Waals surface area contributed by atoms with Crippen LogP contribution in [0.5, 0.6) is 0 Å². The SMILES string of the molecule is O=c1c(Cl)c(NC(CCO)c2cccs2)cnn1Cc1ccccc1. The minimum atomic E-state index is -0.343. The number of halogens is 1. The summed E-state index contributed by atoms with van der Waals surface area (Å²) in [5.41, 5.74) is 1.11. The maximum Gasteiger partial charge on any atom is 0.287 e. The van der Waals surface area contributed by atoms with E-state index >= 15 is 0 Å². The molecule has 2 N–H and O–H groups in total. The lowest BCUT2D eigenvalue weighted by Gasteiger charge is -2.18. The van der Waals surface area contributed by atoms with Gasteiger partial charge in [-0.05, 0) is 23.4 Å². The number of thiophene rings is 1. The number of hydrogen-bond donors (Lipinski definition) is 2. The topological polar surface area (TPSA) is 67.2 Å². The van der Waals surface area contributed by atoms with E-state index in [0.29, 0.717) is 18.7 Å². The average molecular weight is 376 g/mol. The molecule has 3 rings (SSSR count). The van der Waals surface area contributed by atoms with E-state index in [4.69, 9.17) is 11.6 Å². The molecule has 2 heterocycles. The number of nitrogens with one attached hydrogen (secondary N) is 1. The van der Waals surface area contributed by atoms with Gasteiger partial charge in [-0.3, -0.25) is 4.79 Å². The van der Waals surface area contributed by atoms with Crippen molar-refractivity contribution in [2.75, 3.05) is 11.9 Å². The molecular formula is C18H18ClN3O2S. The molecule has 0 spiro atoms. The van der Waals surface area contributed by atoms with Crippen LogP contribution >= 0.6 is 22.9 Å². The zero-order valence-electron chi connectivity index (χ0n) is 13.4. The van der Waals surface area contributed by atoms with Gasteiger partial charge >= 0.3 is 0 Å². The van der Waals surface area contributed by atoms with Gasteiger partial charge in [0.05, 0.1) is 24.5 Å². The van der Waals surface area contributed by atoms with E-state index < -0.39 is 0 Å². The molecule has 1 atom stereocenters. The summed E-state index contributed by atoms with van der Waals surface area (Å²) in [6, 6.07) is 13.4. The van der Waals surface area contributed by atoms with Gasteiger partial charge in [-0.1, -0.05) is 48.0 Å². The summed E-state index contributed by atoms with van der Waals surface area (Å²) in [4.78, 5) is 13.6. The monoisotopic (exact) mass is 375 g/mol. The molecule has 130 valence electrons. The average Bonchev–Trinajstić information content (AvgIpc) is 3.16. The van der Waals surface area contributed by atoms with E-state index in [1.54, 1.807) is 17.5 Å². The molecule has 0 aliphatic rings. The Morgan fingerprint density at radius 1 is 1.24 bits per heavy atom. The molecule has 0 aliphatic carbocycles. The number of nitrogens with zero attached hydrogens (tertiary/aromatic N) is 2. The van der Waals surface area contributed by atoms with Crippen molar-refractivity contribution >= 4 is 28.6 Å². The van der Waals surface area contributed by atoms with Gasteiger partial charge in [-0.15, -0.1) is 11.3 Å². The molecule has 1 unspecified atom stereocenters. The maximum absolute atomic E-state index is 12.5. The van der Waals surface area contributed by atoms with Crippen LogP contribution in [-0.2, 0) is 6.54 Å². The second-order valence-corrected chi connectivity index (χ2v) is 6.90. The van der Waals surface area contributed by atoms with Crippen molar-refractivity contribution in [1.82, 2.24) is 9.78 Å². The van der Waals surface area contributed by atoms with Crippen molar-refractivity contribution in [3.8, 4) is 0 Å². The van der Waals surface area contributed by atoms with E-state index in [0.717, 1.165) is 10.4 Å². The summed E-state index contributed by atoms with van der Waals surface area (Å²) >= 11 is 7.86. The Balaban J connectivity index is 1.83. The van der Waals surface area contributed by atoms with Crippen molar-refractivity contribution in [2.45, 2.75) is 19.0 Å². The number of aromatic nitrogens is 2. The largest absolute Gasteiger partial charge is 0.396 e. The third kappa shape index (κ3) is 4.28. The van der Waals surface area contributed by atoms with Gasteiger partial charge in [0.2, 0.25) is 0 Å². The highest BCUT2D eigenvalue weighted by Gasteiger charge is 2.16. The van der Waals surface area contributed by atoms with Crippen LogP contribution in [0.1, 0.15) is 22.9 Å². The fourth-order valence-electron chi connectivity index (χ4n) is 2.53. The molecule has 5 nitrogen and oxygen atoms in total. The fraction of sp³-hybridized carbons (Fsp3) is 0.222. The molecule has 0 amide bonds. The predicted molar refractivity (Wildman–Crippen MR) is 101 cm³/mol. The summed E-state index contributed by atoms with van der Waals surface area (Å²) in [5, 5.41) is 18.8. The number of aliphatic hydroxyl groups is 1. The number of rotatable bonds is 7. The summed E-state index contributed by atoms with van der Waals surface area (Å²) < 4.78 is 1.34. The van der Waals surface area contributed by atoms with Crippen molar-refractivity contribution in [3.05, 3.63) is 79.9 Å². The van der Waals surface area contributed by atoms with Crippen molar-refractivity contribution in [1.29, 1.82) is 0 Å². The molecule has 0 saturated carbocycles. The molecular weight excluding hydrogens is 358 g/mol. The molecule has 0 saturated heterocycles. The van der Waals surface area contributed by atoms with Crippen LogP contribution in [-0.4, -0.2) is 21.5 Å². The number of aliphatic hydroxyl groups excluding tert-OH is 1. The van der Waals surface area contributed by atoms with Crippen LogP contribution in [0.25, 0.3) is 0 Å². The lowest BCUT2D eigenvalue weighted by atomic mass is 10.1. The first-order valence-corrected chi connectivity index (χ1v) is 9.15. The Morgan fingerprint density at radius 2 is 2.04 bits per heavy atom. The van der Waals surface area contributed by atoms with Crippen LogP contribution in [0.2, 0.25) is 5.02 Å². The van der Waals surface area contributed by atoms with Crippen LogP contribution in [0.3, 0.4) is 0 Å². The van der Waals surface area contributed by atoms with Gasteiger partial charge in [0.1, 0.15) is 5.02 Å². The van der Waals surface area contributed by atoms with Crippen LogP contribution in [0.15, 0.2) is 58.8 Å². The van der Waals surface area contributed by atoms with E-state index in [1.165, 1.54) is 4.68 Å². The Morgan fingerprint density at radius 3 is 2.72 bits per heavy atom. The van der Waals surface area contributed by atoms with Crippen molar-refractivity contribution in [2.24, 2.45) is 0 Å². The van der Waals surface area contributed by atoms with E-state index in [-0.39, 0.29) is 23.2 Å². The Kier molecular flexibility index (Phi) is 5.86. The zero-order chi connectivity index (χ0) is 17.6. The highest BCUT2D eigenvalue weighted by molar-refractivity contribution is 7.10. The van der Waals surface area contributed by atoms with Crippen molar-refractivity contribution < 1.29 is 5.11 Å².